The van der Waals surface area contributed by atoms with Crippen molar-refractivity contribution >= 4 is 79.5 Å². The monoisotopic (exact) mass is 1080 g/mol. The molecule has 0 aromatic heterocycles. The van der Waals surface area contributed by atoms with Crippen molar-refractivity contribution < 1.29 is 47.7 Å². The summed E-state index contributed by atoms with van der Waals surface area (Å²) in [4.78, 5) is 75.6. The summed E-state index contributed by atoms with van der Waals surface area (Å²) in [6.45, 7) is 9.24. The van der Waals surface area contributed by atoms with Crippen LogP contribution in [0.4, 0.5) is 28.4 Å². The number of benzene rings is 5. The quantitative estimate of drug-likeness (QED) is 0.0421. The normalized spacial score (nSPS) is 16.8. The summed E-state index contributed by atoms with van der Waals surface area (Å²) in [5.74, 6) is 0.290. The number of Topliss-reactive ketones (excluding diaryl/α,β-unsaturated/α-hetero) is 1. The third-order valence-electron chi connectivity index (χ3n) is 14.5. The van der Waals surface area contributed by atoms with Gasteiger partial charge in [-0.3, -0.25) is 24.0 Å². The molecule has 0 saturated carbocycles. The number of hydrogen-bond donors (Lipinski definition) is 1. The topological polar surface area (TPSA) is 156 Å². The second-order valence-corrected chi connectivity index (χ2v) is 23.8. The minimum absolute atomic E-state index is 0.00632. The number of anilines is 5. The Hall–Kier alpha value is -7.11. The van der Waals surface area contributed by atoms with Gasteiger partial charge in [0.2, 0.25) is 5.91 Å². The highest BCUT2D eigenvalue weighted by atomic mass is 33.1. The smallest absolute Gasteiger partial charge is 0.309 e. The van der Waals surface area contributed by atoms with Gasteiger partial charge in [-0.05, 0) is 117 Å². The van der Waals surface area contributed by atoms with Crippen molar-refractivity contribution in [2.45, 2.75) is 89.8 Å². The number of amides is 3. The number of para-hydroxylation sites is 2. The van der Waals surface area contributed by atoms with Gasteiger partial charge in [-0.1, -0.05) is 64.1 Å². The number of carbonyl (C=O) groups excluding carboxylic acids is 5. The molecule has 404 valence electrons. The van der Waals surface area contributed by atoms with Crippen LogP contribution in [0.1, 0.15) is 88.6 Å². The molecule has 3 amide bonds. The Kier molecular flexibility index (Phi) is 16.8. The van der Waals surface area contributed by atoms with Gasteiger partial charge in [-0.2, -0.15) is 0 Å². The summed E-state index contributed by atoms with van der Waals surface area (Å²) in [5.41, 5.74) is 9.82. The van der Waals surface area contributed by atoms with E-state index in [1.807, 2.05) is 117 Å². The highest BCUT2D eigenvalue weighted by molar-refractivity contribution is 8.77. The SMILES string of the molecule is CC=COCC(=O)CC(CSSC(C)(C)CCC(=O)Nc1cc(COc2cc3c(cc2C)C(=O)N2c4ccccc4C[C@H]2CN3C)cc(COc2cc3c(cc2OC)C(=O)N2c4ccccc4C[C@H]2CN3C)c1)C(=O)OC. The lowest BCUT2D eigenvalue weighted by atomic mass is 10.1. The van der Waals surface area contributed by atoms with Crippen LogP contribution in [0.5, 0.6) is 17.2 Å². The summed E-state index contributed by atoms with van der Waals surface area (Å²) in [6.07, 6.45) is 5.43. The molecule has 77 heavy (non-hydrogen) atoms. The summed E-state index contributed by atoms with van der Waals surface area (Å²) in [7, 11) is 9.91. The number of methoxy groups -OCH3 is 2. The van der Waals surface area contributed by atoms with Crippen molar-refractivity contribution in [1.82, 2.24) is 0 Å². The van der Waals surface area contributed by atoms with Crippen molar-refractivity contribution in [1.29, 1.82) is 0 Å². The Balaban J connectivity index is 0.922. The third-order valence-corrected chi connectivity index (χ3v) is 18.0. The zero-order valence-corrected chi connectivity index (χ0v) is 46.6. The molecule has 9 rings (SSSR count). The lowest BCUT2D eigenvalue weighted by molar-refractivity contribution is -0.146. The minimum atomic E-state index is -0.629. The number of carbonyl (C=O) groups is 5. The van der Waals surface area contributed by atoms with Gasteiger partial charge in [0.05, 0.1) is 61.0 Å². The van der Waals surface area contributed by atoms with Crippen LogP contribution in [0.25, 0.3) is 0 Å². The van der Waals surface area contributed by atoms with Crippen molar-refractivity contribution in [3.63, 3.8) is 0 Å². The van der Waals surface area contributed by atoms with E-state index in [0.29, 0.717) is 59.3 Å². The number of aryl methyl sites for hydroxylation is 1. The maximum Gasteiger partial charge on any atom is 0.309 e. The predicted molar refractivity (Wildman–Crippen MR) is 305 cm³/mol. The molecule has 3 atom stereocenters. The van der Waals surface area contributed by atoms with E-state index in [0.717, 1.165) is 57.8 Å². The molecule has 17 heteroatoms. The Morgan fingerprint density at radius 1 is 0.753 bits per heavy atom. The number of allylic oxidation sites excluding steroid dienone is 1. The van der Waals surface area contributed by atoms with Crippen LogP contribution < -0.4 is 39.1 Å². The molecule has 0 radical (unpaired) electrons. The fourth-order valence-corrected chi connectivity index (χ4v) is 13.6. The number of rotatable bonds is 21. The van der Waals surface area contributed by atoms with E-state index in [-0.39, 0.29) is 73.0 Å². The van der Waals surface area contributed by atoms with Gasteiger partial charge in [0.15, 0.2) is 17.3 Å². The zero-order valence-electron chi connectivity index (χ0n) is 45.0. The Morgan fingerprint density at radius 3 is 1.91 bits per heavy atom. The van der Waals surface area contributed by atoms with Crippen LogP contribution in [-0.4, -0.2) is 100 Å². The summed E-state index contributed by atoms with van der Waals surface area (Å²) >= 11 is 0. The highest BCUT2D eigenvalue weighted by Gasteiger charge is 2.41. The van der Waals surface area contributed by atoms with Gasteiger partial charge >= 0.3 is 5.97 Å². The molecule has 4 heterocycles. The molecule has 0 bridgehead atoms. The highest BCUT2D eigenvalue weighted by Crippen LogP contribution is 2.44. The Labute approximate surface area is 459 Å². The molecule has 0 saturated heterocycles. The van der Waals surface area contributed by atoms with E-state index in [2.05, 4.69) is 27.2 Å². The first-order chi connectivity index (χ1) is 37.0. The number of hydrogen-bond acceptors (Lipinski definition) is 14. The lowest BCUT2D eigenvalue weighted by Gasteiger charge is -2.25. The molecule has 0 spiro atoms. The molecule has 15 nitrogen and oxygen atoms in total. The third kappa shape index (κ3) is 12.2. The van der Waals surface area contributed by atoms with Gasteiger partial charge in [0, 0.05) is 79.7 Å². The average Bonchev–Trinajstić information content (AvgIpc) is 4.01. The lowest BCUT2D eigenvalue weighted by Crippen LogP contribution is -2.41. The number of fused-ring (bicyclic) bond motifs is 8. The maximum absolute atomic E-state index is 14.3. The zero-order chi connectivity index (χ0) is 54.5. The van der Waals surface area contributed by atoms with Crippen molar-refractivity contribution in [3.8, 4) is 17.2 Å². The molecule has 0 aliphatic carbocycles. The molecule has 4 aliphatic rings. The maximum atomic E-state index is 14.3. The number of likely N-dealkylation sites (N-methyl/N-ethyl adjacent to an activating group) is 2. The second kappa shape index (κ2) is 23.6. The van der Waals surface area contributed by atoms with Crippen LogP contribution in [-0.2, 0) is 49.9 Å². The van der Waals surface area contributed by atoms with Crippen LogP contribution in [0.2, 0.25) is 0 Å². The number of ether oxygens (including phenoxy) is 5. The molecule has 4 aliphatic heterocycles. The number of nitrogens with one attached hydrogen (secondary N) is 1. The molecule has 0 fully saturated rings. The number of ketones is 1. The Bertz CT molecular complexity index is 3110. The summed E-state index contributed by atoms with van der Waals surface area (Å²) in [5, 5.41) is 3.13. The van der Waals surface area contributed by atoms with Crippen molar-refractivity contribution in [2.24, 2.45) is 5.92 Å². The van der Waals surface area contributed by atoms with Crippen molar-refractivity contribution in [3.05, 3.63) is 142 Å². The van der Waals surface area contributed by atoms with Crippen LogP contribution in [0.15, 0.2) is 103 Å². The predicted octanol–water partition coefficient (Wildman–Crippen LogP) is 10.4. The molecular formula is C60H67N5O10S2. The number of esters is 1. The van der Waals surface area contributed by atoms with Crippen LogP contribution in [0, 0.1) is 12.8 Å². The number of nitrogens with zero attached hydrogens (tertiary/aromatic N) is 4. The summed E-state index contributed by atoms with van der Waals surface area (Å²) in [6, 6.07) is 29.4. The van der Waals surface area contributed by atoms with E-state index < -0.39 is 11.9 Å². The summed E-state index contributed by atoms with van der Waals surface area (Å²) < 4.78 is 28.9. The minimum Gasteiger partial charge on any atom is -0.494 e. The van der Waals surface area contributed by atoms with Gasteiger partial charge in [-0.25, -0.2) is 0 Å². The van der Waals surface area contributed by atoms with E-state index >= 15 is 0 Å². The fraction of sp³-hybridized carbons (Fsp3) is 0.383. The van der Waals surface area contributed by atoms with Gasteiger partial charge in [-0.15, -0.1) is 0 Å². The molecule has 5 aromatic carbocycles. The van der Waals surface area contributed by atoms with E-state index in [1.54, 1.807) is 37.0 Å². The fourth-order valence-electron chi connectivity index (χ4n) is 10.7. The largest absolute Gasteiger partial charge is 0.494 e. The van der Waals surface area contributed by atoms with Crippen LogP contribution >= 0.6 is 21.6 Å². The first-order valence-corrected chi connectivity index (χ1v) is 28.3. The van der Waals surface area contributed by atoms with Gasteiger partial charge in [0.1, 0.15) is 25.6 Å². The average molecular weight is 1080 g/mol. The molecule has 1 N–H and O–H groups in total. The standard InChI is InChI=1S/C60H67N5O10S2/c1-9-20-73-35-46(66)27-42(59(70)72-8)36-76-77-60(3,4)19-18-56(67)61-43-23-38(33-74-53-29-51-47(21-37(53)2)57(68)64-44(31-62(51)5)25-40-14-10-12-16-49(40)64)22-39(24-43)34-75-55-30-52-48(28-54(55)71-7)58(69)65-45(32-63(52)6)26-41-15-11-13-17-50(41)65/h9-17,20-24,28-30,42,44-45H,18-19,25-27,31-36H2,1-8H3,(H,61,67)/t42?,44-,45-/m0/s1. The van der Waals surface area contributed by atoms with E-state index in [9.17, 15) is 24.0 Å². The van der Waals surface area contributed by atoms with E-state index in [4.69, 9.17) is 23.7 Å². The Morgan fingerprint density at radius 2 is 1.32 bits per heavy atom. The van der Waals surface area contributed by atoms with Crippen molar-refractivity contribution in [2.75, 3.05) is 78.7 Å². The second-order valence-electron chi connectivity index (χ2n) is 20.8. The molecule has 5 aromatic rings. The first-order valence-electron chi connectivity index (χ1n) is 26.0. The van der Waals surface area contributed by atoms with Crippen LogP contribution in [0.3, 0.4) is 0 Å². The molecular weight excluding hydrogens is 1010 g/mol. The molecule has 1 unspecified atom stereocenters. The van der Waals surface area contributed by atoms with Gasteiger partial charge < -0.3 is 48.6 Å². The van der Waals surface area contributed by atoms with E-state index in [1.165, 1.54) is 29.7 Å². The van der Waals surface area contributed by atoms with Gasteiger partial charge in [0.25, 0.3) is 11.8 Å². The first kappa shape index (κ1) is 54.7.